The average Bonchev–Trinajstić information content (AvgIpc) is 3.40. The molecule has 200 valence electrons. The first-order valence-corrected chi connectivity index (χ1v) is 12.6. The molecule has 0 radical (unpaired) electrons. The van der Waals surface area contributed by atoms with E-state index in [0.29, 0.717) is 25.4 Å². The van der Waals surface area contributed by atoms with Crippen molar-refractivity contribution in [2.45, 2.75) is 37.9 Å². The van der Waals surface area contributed by atoms with E-state index >= 15 is 0 Å². The predicted octanol–water partition coefficient (Wildman–Crippen LogP) is 5.18. The molecule has 2 heterocycles. The van der Waals surface area contributed by atoms with Crippen molar-refractivity contribution in [1.29, 1.82) is 0 Å². The molecule has 1 aromatic heterocycles. The molecular weight excluding hydrogens is 502 g/mol. The molecule has 3 aromatic rings. The molecule has 1 fully saturated rings. The summed E-state index contributed by atoms with van der Waals surface area (Å²) in [5.41, 5.74) is 1.27. The lowest BCUT2D eigenvalue weighted by Gasteiger charge is -2.22. The van der Waals surface area contributed by atoms with Gasteiger partial charge in [-0.1, -0.05) is 25.0 Å². The van der Waals surface area contributed by atoms with Gasteiger partial charge in [0, 0.05) is 30.9 Å². The number of hydrogen-bond acceptors (Lipinski definition) is 4. The van der Waals surface area contributed by atoms with Gasteiger partial charge in [-0.25, -0.2) is 4.39 Å². The summed E-state index contributed by atoms with van der Waals surface area (Å²) in [6.07, 6.45) is -1.29. The molecular formula is C28H27F4N3O3. The van der Waals surface area contributed by atoms with Crippen molar-refractivity contribution in [2.24, 2.45) is 5.92 Å². The summed E-state index contributed by atoms with van der Waals surface area (Å²) in [4.78, 5) is 27.9. The van der Waals surface area contributed by atoms with Crippen LogP contribution in [0.25, 0.3) is 11.3 Å². The SMILES string of the molecule is O=C(N[C@@H](CC1CC1)C(=O)NCCN1CCc2cc(F)ccc21)c1ccc(-c2cccc(C(F)(F)F)c2)o1. The number of carbonyl (C=O) groups is 2. The molecule has 5 rings (SSSR count). The van der Waals surface area contributed by atoms with Crippen molar-refractivity contribution in [1.82, 2.24) is 10.6 Å². The van der Waals surface area contributed by atoms with E-state index in [1.807, 2.05) is 0 Å². The fraction of sp³-hybridized carbons (Fsp3) is 0.357. The van der Waals surface area contributed by atoms with E-state index in [1.54, 1.807) is 6.07 Å². The molecule has 1 saturated carbocycles. The van der Waals surface area contributed by atoms with Crippen LogP contribution < -0.4 is 15.5 Å². The predicted molar refractivity (Wildman–Crippen MR) is 133 cm³/mol. The Balaban J connectivity index is 1.19. The fourth-order valence-corrected chi connectivity index (χ4v) is 4.72. The van der Waals surface area contributed by atoms with Crippen LogP contribution in [0.3, 0.4) is 0 Å². The van der Waals surface area contributed by atoms with Crippen molar-refractivity contribution in [3.8, 4) is 11.3 Å². The fourth-order valence-electron chi connectivity index (χ4n) is 4.72. The van der Waals surface area contributed by atoms with E-state index in [1.165, 1.54) is 36.4 Å². The van der Waals surface area contributed by atoms with Crippen LogP contribution in [0.4, 0.5) is 23.2 Å². The van der Waals surface area contributed by atoms with Crippen LogP contribution in [0.2, 0.25) is 0 Å². The molecule has 0 unspecified atom stereocenters. The lowest BCUT2D eigenvalue weighted by atomic mass is 10.1. The van der Waals surface area contributed by atoms with Crippen LogP contribution in [0, 0.1) is 11.7 Å². The van der Waals surface area contributed by atoms with E-state index in [2.05, 4.69) is 15.5 Å². The Morgan fingerprint density at radius 1 is 1.08 bits per heavy atom. The summed E-state index contributed by atoms with van der Waals surface area (Å²) in [6.45, 7) is 1.64. The third-order valence-corrected chi connectivity index (χ3v) is 6.91. The summed E-state index contributed by atoms with van der Waals surface area (Å²) in [5.74, 6) is -0.810. The molecule has 2 aliphatic rings. The number of fused-ring (bicyclic) bond motifs is 1. The number of carbonyl (C=O) groups excluding carboxylic acids is 2. The maximum absolute atomic E-state index is 13.5. The van der Waals surface area contributed by atoms with Crippen molar-refractivity contribution >= 4 is 17.5 Å². The Morgan fingerprint density at radius 2 is 1.89 bits per heavy atom. The Kier molecular flexibility index (Phi) is 7.14. The molecule has 2 aromatic carbocycles. The number of amides is 2. The molecule has 6 nitrogen and oxygen atoms in total. The van der Waals surface area contributed by atoms with Gasteiger partial charge in [0.15, 0.2) is 5.76 Å². The zero-order valence-electron chi connectivity index (χ0n) is 20.5. The number of halogens is 4. The quantitative estimate of drug-likeness (QED) is 0.375. The van der Waals surface area contributed by atoms with Crippen LogP contribution in [0.1, 0.15) is 40.9 Å². The van der Waals surface area contributed by atoms with Crippen molar-refractivity contribution in [3.63, 3.8) is 0 Å². The van der Waals surface area contributed by atoms with Crippen LogP contribution >= 0.6 is 0 Å². The van der Waals surface area contributed by atoms with Gasteiger partial charge in [-0.15, -0.1) is 0 Å². The van der Waals surface area contributed by atoms with Crippen molar-refractivity contribution in [3.05, 3.63) is 77.3 Å². The van der Waals surface area contributed by atoms with Crippen LogP contribution in [-0.4, -0.2) is 37.5 Å². The van der Waals surface area contributed by atoms with Crippen LogP contribution in [-0.2, 0) is 17.4 Å². The van der Waals surface area contributed by atoms with Gasteiger partial charge in [-0.3, -0.25) is 9.59 Å². The second-order valence-corrected chi connectivity index (χ2v) is 9.75. The third kappa shape index (κ3) is 6.00. The summed E-state index contributed by atoms with van der Waals surface area (Å²) in [6, 6.07) is 11.4. The Labute approximate surface area is 217 Å². The summed E-state index contributed by atoms with van der Waals surface area (Å²) in [7, 11) is 0. The number of hydrogen-bond donors (Lipinski definition) is 2. The number of alkyl halides is 3. The molecule has 2 N–H and O–H groups in total. The molecule has 2 amide bonds. The minimum atomic E-state index is -4.50. The topological polar surface area (TPSA) is 74.6 Å². The molecule has 1 atom stereocenters. The van der Waals surface area contributed by atoms with Crippen LogP contribution in [0.15, 0.2) is 59.0 Å². The van der Waals surface area contributed by atoms with E-state index in [9.17, 15) is 27.2 Å². The first-order chi connectivity index (χ1) is 18.2. The smallest absolute Gasteiger partial charge is 0.416 e. The zero-order valence-corrected chi connectivity index (χ0v) is 20.5. The lowest BCUT2D eigenvalue weighted by molar-refractivity contribution is -0.137. The highest BCUT2D eigenvalue weighted by Crippen LogP contribution is 2.34. The minimum Gasteiger partial charge on any atom is -0.451 e. The first kappa shape index (κ1) is 25.8. The average molecular weight is 530 g/mol. The molecule has 0 spiro atoms. The standard InChI is InChI=1S/C28H27F4N3O3/c29-21-6-7-23-18(16-21)10-12-35(23)13-11-33-26(36)22(14-17-4-5-17)34-27(37)25-9-8-24(38-25)19-2-1-3-20(15-19)28(30,31)32/h1-3,6-9,15-17,22H,4-5,10-14H2,(H,33,36)(H,34,37)/t22-/m0/s1. The van der Waals surface area contributed by atoms with Crippen molar-refractivity contribution < 1.29 is 31.6 Å². The summed E-state index contributed by atoms with van der Waals surface area (Å²) < 4.78 is 58.2. The van der Waals surface area contributed by atoms with Gasteiger partial charge in [0.25, 0.3) is 5.91 Å². The molecule has 0 bridgehead atoms. The molecule has 10 heteroatoms. The summed E-state index contributed by atoms with van der Waals surface area (Å²) >= 11 is 0. The lowest BCUT2D eigenvalue weighted by Crippen LogP contribution is -2.48. The molecule has 1 aliphatic heterocycles. The van der Waals surface area contributed by atoms with E-state index < -0.39 is 23.7 Å². The maximum Gasteiger partial charge on any atom is 0.416 e. The highest BCUT2D eigenvalue weighted by atomic mass is 19.4. The van der Waals surface area contributed by atoms with Crippen LogP contribution in [0.5, 0.6) is 0 Å². The van der Waals surface area contributed by atoms with Gasteiger partial charge >= 0.3 is 6.18 Å². The number of nitrogens with one attached hydrogen (secondary N) is 2. The Hall–Kier alpha value is -3.82. The van der Waals surface area contributed by atoms with Gasteiger partial charge < -0.3 is 20.0 Å². The van der Waals surface area contributed by atoms with E-state index in [4.69, 9.17) is 4.42 Å². The second-order valence-electron chi connectivity index (χ2n) is 9.75. The molecule has 1 aliphatic carbocycles. The Morgan fingerprint density at radius 3 is 2.66 bits per heavy atom. The third-order valence-electron chi connectivity index (χ3n) is 6.91. The monoisotopic (exact) mass is 529 g/mol. The number of benzene rings is 2. The van der Waals surface area contributed by atoms with Crippen molar-refractivity contribution in [2.75, 3.05) is 24.5 Å². The van der Waals surface area contributed by atoms with E-state index in [0.717, 1.165) is 49.2 Å². The van der Waals surface area contributed by atoms with Gasteiger partial charge in [0.1, 0.15) is 17.6 Å². The number of anilines is 1. The summed E-state index contributed by atoms with van der Waals surface area (Å²) in [5, 5.41) is 5.61. The van der Waals surface area contributed by atoms with Gasteiger partial charge in [-0.2, -0.15) is 13.2 Å². The molecule has 0 saturated heterocycles. The van der Waals surface area contributed by atoms with Gasteiger partial charge in [0.05, 0.1) is 5.56 Å². The second kappa shape index (κ2) is 10.5. The first-order valence-electron chi connectivity index (χ1n) is 12.6. The number of rotatable bonds is 9. The maximum atomic E-state index is 13.5. The highest BCUT2D eigenvalue weighted by molar-refractivity contribution is 5.96. The van der Waals surface area contributed by atoms with Gasteiger partial charge in [-0.05, 0) is 66.8 Å². The number of furan rings is 1. The molecule has 38 heavy (non-hydrogen) atoms. The Bertz CT molecular complexity index is 1330. The normalized spacial score (nSPS) is 15.7. The van der Waals surface area contributed by atoms with E-state index in [-0.39, 0.29) is 28.8 Å². The zero-order chi connectivity index (χ0) is 26.9. The highest BCUT2D eigenvalue weighted by Gasteiger charge is 2.32. The minimum absolute atomic E-state index is 0.0908. The number of nitrogens with zero attached hydrogens (tertiary/aromatic N) is 1. The van der Waals surface area contributed by atoms with Gasteiger partial charge in [0.2, 0.25) is 5.91 Å². The largest absolute Gasteiger partial charge is 0.451 e.